The molecule has 16 heavy (non-hydrogen) atoms. The third-order valence-corrected chi connectivity index (χ3v) is 3.81. The van der Waals surface area contributed by atoms with Crippen LogP contribution >= 0.6 is 12.4 Å². The molecule has 0 bridgehead atoms. The minimum Gasteiger partial charge on any atom is -0.390 e. The number of hydrogen-bond donors (Lipinski definition) is 1. The van der Waals surface area contributed by atoms with E-state index in [0.717, 1.165) is 12.8 Å². The van der Waals surface area contributed by atoms with E-state index >= 15 is 0 Å². The first-order valence-electron chi connectivity index (χ1n) is 6.60. The van der Waals surface area contributed by atoms with Gasteiger partial charge in [0.25, 0.3) is 0 Å². The summed E-state index contributed by atoms with van der Waals surface area (Å²) < 4.78 is 0. The van der Waals surface area contributed by atoms with E-state index in [9.17, 15) is 5.11 Å². The average molecular weight is 249 g/mol. The van der Waals surface area contributed by atoms with Gasteiger partial charge in [-0.1, -0.05) is 47.0 Å². The lowest BCUT2D eigenvalue weighted by Crippen LogP contribution is -2.41. The smallest absolute Gasteiger partial charge is 0.0678 e. The fraction of sp³-hybridized carbons (Fsp3) is 1.00. The lowest BCUT2D eigenvalue weighted by Gasteiger charge is -2.41. The summed E-state index contributed by atoms with van der Waals surface area (Å²) in [6.07, 6.45) is 8.33. The minimum absolute atomic E-state index is 0. The van der Waals surface area contributed by atoms with E-state index in [2.05, 4.69) is 27.7 Å². The third kappa shape index (κ3) is 4.63. The fourth-order valence-corrected chi connectivity index (χ4v) is 3.12. The van der Waals surface area contributed by atoms with Gasteiger partial charge in [-0.3, -0.25) is 0 Å². The van der Waals surface area contributed by atoms with Crippen molar-refractivity contribution in [1.29, 1.82) is 0 Å². The van der Waals surface area contributed by atoms with Crippen molar-refractivity contribution in [1.82, 2.24) is 0 Å². The maximum atomic E-state index is 10.8. The summed E-state index contributed by atoms with van der Waals surface area (Å²) >= 11 is 0. The van der Waals surface area contributed by atoms with Crippen LogP contribution in [0.2, 0.25) is 0 Å². The number of halogens is 1. The zero-order chi connectivity index (χ0) is 11.5. The summed E-state index contributed by atoms with van der Waals surface area (Å²) in [5.41, 5.74) is -0.166. The van der Waals surface area contributed by atoms with Crippen LogP contribution in [0.5, 0.6) is 0 Å². The molecule has 1 atom stereocenters. The summed E-state index contributed by atoms with van der Waals surface area (Å²) in [6.45, 7) is 8.84. The zero-order valence-electron chi connectivity index (χ0n) is 11.4. The van der Waals surface area contributed by atoms with Gasteiger partial charge in [0, 0.05) is 0 Å². The quantitative estimate of drug-likeness (QED) is 0.776. The zero-order valence-corrected chi connectivity index (χ0v) is 12.2. The fourth-order valence-electron chi connectivity index (χ4n) is 3.12. The van der Waals surface area contributed by atoms with Crippen molar-refractivity contribution in [3.8, 4) is 0 Å². The van der Waals surface area contributed by atoms with Crippen molar-refractivity contribution in [3.63, 3.8) is 0 Å². The molecule has 98 valence electrons. The van der Waals surface area contributed by atoms with Crippen LogP contribution in [0.1, 0.15) is 72.6 Å². The van der Waals surface area contributed by atoms with Gasteiger partial charge in [0.2, 0.25) is 0 Å². The molecule has 2 heteroatoms. The largest absolute Gasteiger partial charge is 0.390 e. The van der Waals surface area contributed by atoms with Crippen LogP contribution in [-0.2, 0) is 0 Å². The molecule has 0 amide bonds. The number of rotatable bonds is 3. The van der Waals surface area contributed by atoms with Crippen LogP contribution in [0.25, 0.3) is 0 Å². The monoisotopic (exact) mass is 248 g/mol. The van der Waals surface area contributed by atoms with Crippen LogP contribution in [-0.4, -0.2) is 10.7 Å². The molecule has 1 saturated carbocycles. The minimum atomic E-state index is -0.404. The summed E-state index contributed by atoms with van der Waals surface area (Å²) in [7, 11) is 0. The molecule has 0 aromatic rings. The van der Waals surface area contributed by atoms with Crippen molar-refractivity contribution in [2.24, 2.45) is 11.3 Å². The Kier molecular flexibility index (Phi) is 6.35. The van der Waals surface area contributed by atoms with Gasteiger partial charge in [0.15, 0.2) is 0 Å². The van der Waals surface area contributed by atoms with Crippen molar-refractivity contribution in [3.05, 3.63) is 0 Å². The molecule has 0 aromatic carbocycles. The summed E-state index contributed by atoms with van der Waals surface area (Å²) in [6, 6.07) is 0. The van der Waals surface area contributed by atoms with Gasteiger partial charge in [-0.25, -0.2) is 0 Å². The molecular weight excluding hydrogens is 220 g/mol. The number of hydrogen-bond acceptors (Lipinski definition) is 1. The Hall–Kier alpha value is 0.250. The van der Waals surface area contributed by atoms with Crippen LogP contribution in [0.3, 0.4) is 0 Å². The van der Waals surface area contributed by atoms with E-state index in [4.69, 9.17) is 0 Å². The van der Waals surface area contributed by atoms with Crippen molar-refractivity contribution in [2.45, 2.75) is 78.2 Å². The van der Waals surface area contributed by atoms with E-state index in [0.29, 0.717) is 5.92 Å². The van der Waals surface area contributed by atoms with Crippen molar-refractivity contribution >= 4 is 12.4 Å². The maximum absolute atomic E-state index is 10.8. The Labute approximate surface area is 107 Å². The second-order valence-corrected chi connectivity index (χ2v) is 6.53. The molecule has 1 aliphatic carbocycles. The van der Waals surface area contributed by atoms with Crippen molar-refractivity contribution in [2.75, 3.05) is 0 Å². The predicted molar refractivity (Wildman–Crippen MR) is 73.1 cm³/mol. The van der Waals surface area contributed by atoms with Gasteiger partial charge in [0.05, 0.1) is 5.60 Å². The Bertz CT molecular complexity index is 191. The molecule has 0 spiro atoms. The molecule has 0 aliphatic heterocycles. The standard InChI is InChI=1S/C14H28O.ClH/c1-5-14(15,11-13(2,3)4)12-9-7-6-8-10-12;/h12,15H,5-11H2,1-4H3;1H. The highest BCUT2D eigenvalue weighted by molar-refractivity contribution is 5.85. The number of aliphatic hydroxyl groups is 1. The topological polar surface area (TPSA) is 20.2 Å². The van der Waals surface area contributed by atoms with Gasteiger partial charge >= 0.3 is 0 Å². The molecule has 1 rings (SSSR count). The molecule has 0 saturated heterocycles. The summed E-state index contributed by atoms with van der Waals surface area (Å²) in [5, 5.41) is 10.8. The third-order valence-electron chi connectivity index (χ3n) is 3.81. The van der Waals surface area contributed by atoms with E-state index in [1.54, 1.807) is 0 Å². The van der Waals surface area contributed by atoms with E-state index < -0.39 is 5.60 Å². The Morgan fingerprint density at radius 1 is 1.06 bits per heavy atom. The van der Waals surface area contributed by atoms with Crippen LogP contribution in [0, 0.1) is 11.3 Å². The lowest BCUT2D eigenvalue weighted by atomic mass is 9.69. The Morgan fingerprint density at radius 2 is 1.56 bits per heavy atom. The molecule has 1 unspecified atom stereocenters. The van der Waals surface area contributed by atoms with Gasteiger partial charge in [0.1, 0.15) is 0 Å². The van der Waals surface area contributed by atoms with Crippen molar-refractivity contribution < 1.29 is 5.11 Å². The molecule has 1 nitrogen and oxygen atoms in total. The second-order valence-electron chi connectivity index (χ2n) is 6.53. The second kappa shape index (κ2) is 6.26. The highest BCUT2D eigenvalue weighted by Crippen LogP contribution is 2.41. The molecule has 0 radical (unpaired) electrons. The average Bonchev–Trinajstić information content (AvgIpc) is 2.16. The van der Waals surface area contributed by atoms with Gasteiger partial charge in [-0.05, 0) is 37.0 Å². The van der Waals surface area contributed by atoms with Gasteiger partial charge in [-0.2, -0.15) is 0 Å². The van der Waals surface area contributed by atoms with Crippen LogP contribution in [0.4, 0.5) is 0 Å². The van der Waals surface area contributed by atoms with Gasteiger partial charge in [-0.15, -0.1) is 12.4 Å². The first kappa shape index (κ1) is 16.2. The van der Waals surface area contributed by atoms with Crippen LogP contribution < -0.4 is 0 Å². The van der Waals surface area contributed by atoms with E-state index in [1.807, 2.05) is 0 Å². The molecule has 0 heterocycles. The molecule has 0 aromatic heterocycles. The van der Waals surface area contributed by atoms with E-state index in [-0.39, 0.29) is 17.8 Å². The molecule has 1 N–H and O–H groups in total. The maximum Gasteiger partial charge on any atom is 0.0678 e. The molecular formula is C14H29ClO. The normalized spacial score (nSPS) is 22.3. The molecule has 1 fully saturated rings. The van der Waals surface area contributed by atoms with Gasteiger partial charge < -0.3 is 5.11 Å². The highest BCUT2D eigenvalue weighted by atomic mass is 35.5. The first-order chi connectivity index (χ1) is 6.87. The highest BCUT2D eigenvalue weighted by Gasteiger charge is 2.38. The summed E-state index contributed by atoms with van der Waals surface area (Å²) in [5.74, 6) is 0.551. The Morgan fingerprint density at radius 3 is 1.94 bits per heavy atom. The predicted octanol–water partition coefficient (Wildman–Crippen LogP) is 4.57. The summed E-state index contributed by atoms with van der Waals surface area (Å²) in [4.78, 5) is 0. The lowest BCUT2D eigenvalue weighted by molar-refractivity contribution is -0.0647. The Balaban J connectivity index is 0.00000225. The first-order valence-corrected chi connectivity index (χ1v) is 6.60. The SMILES string of the molecule is CCC(O)(CC(C)(C)C)C1CCCCC1.Cl. The van der Waals surface area contributed by atoms with E-state index in [1.165, 1.54) is 32.1 Å². The van der Waals surface area contributed by atoms with Crippen LogP contribution in [0.15, 0.2) is 0 Å². The molecule has 1 aliphatic rings.